The van der Waals surface area contributed by atoms with Crippen LogP contribution in [0.5, 0.6) is 0 Å². The highest BCUT2D eigenvalue weighted by molar-refractivity contribution is 7.89. The van der Waals surface area contributed by atoms with Crippen molar-refractivity contribution in [3.63, 3.8) is 0 Å². The van der Waals surface area contributed by atoms with Crippen LogP contribution in [0.25, 0.3) is 0 Å². The Morgan fingerprint density at radius 3 is 2.53 bits per heavy atom. The summed E-state index contributed by atoms with van der Waals surface area (Å²) in [5.74, 6) is 0.249. The van der Waals surface area contributed by atoms with Gasteiger partial charge in [-0.1, -0.05) is 39.3 Å². The first-order chi connectivity index (χ1) is 8.77. The van der Waals surface area contributed by atoms with E-state index in [1.807, 2.05) is 6.92 Å². The van der Waals surface area contributed by atoms with Crippen molar-refractivity contribution in [1.29, 1.82) is 0 Å². The summed E-state index contributed by atoms with van der Waals surface area (Å²) in [7, 11) is -3.08. The number of sulfonamides is 1. The molecular formula is C14H28N2O2S. The van der Waals surface area contributed by atoms with E-state index >= 15 is 0 Å². The van der Waals surface area contributed by atoms with Crippen LogP contribution in [-0.2, 0) is 10.0 Å². The fourth-order valence-corrected chi connectivity index (χ4v) is 3.71. The van der Waals surface area contributed by atoms with Crippen LogP contribution in [0.1, 0.15) is 40.5 Å². The first kappa shape index (κ1) is 16.7. The zero-order valence-corrected chi connectivity index (χ0v) is 13.5. The highest BCUT2D eigenvalue weighted by Gasteiger charge is 2.27. The molecule has 1 heterocycles. The molecule has 4 nitrogen and oxygen atoms in total. The lowest BCUT2D eigenvalue weighted by Crippen LogP contribution is -2.38. The molecule has 0 radical (unpaired) electrons. The van der Waals surface area contributed by atoms with Crippen LogP contribution in [0.2, 0.25) is 0 Å². The maximum Gasteiger partial charge on any atom is 0.214 e. The molecule has 0 saturated carbocycles. The molecule has 1 aliphatic rings. The molecule has 0 unspecified atom stereocenters. The average Bonchev–Trinajstić information content (AvgIpc) is 2.34. The van der Waals surface area contributed by atoms with Gasteiger partial charge in [0.1, 0.15) is 0 Å². The van der Waals surface area contributed by atoms with Crippen LogP contribution in [0.15, 0.2) is 11.6 Å². The molecule has 0 saturated heterocycles. The van der Waals surface area contributed by atoms with E-state index < -0.39 is 10.0 Å². The topological polar surface area (TPSA) is 49.4 Å². The molecule has 0 aromatic rings. The van der Waals surface area contributed by atoms with Gasteiger partial charge in [-0.05, 0) is 31.3 Å². The zero-order valence-electron chi connectivity index (χ0n) is 12.7. The van der Waals surface area contributed by atoms with Gasteiger partial charge in [-0.2, -0.15) is 4.31 Å². The molecule has 0 atom stereocenters. The first-order valence-corrected chi connectivity index (χ1v) is 8.76. The Balaban J connectivity index is 2.52. The highest BCUT2D eigenvalue weighted by Crippen LogP contribution is 2.30. The highest BCUT2D eigenvalue weighted by atomic mass is 32.2. The Kier molecular flexibility index (Phi) is 6.02. The van der Waals surface area contributed by atoms with Gasteiger partial charge < -0.3 is 5.32 Å². The van der Waals surface area contributed by atoms with Crippen molar-refractivity contribution < 1.29 is 8.42 Å². The standard InChI is InChI=1S/C14H28N2O2S/c1-5-15-9-6-12-19(17,18)16-10-7-13(8-11-16)14(2,3)4/h7,15H,5-6,8-12H2,1-4H3. The monoisotopic (exact) mass is 288 g/mol. The minimum absolute atomic E-state index is 0.154. The van der Waals surface area contributed by atoms with Gasteiger partial charge in [-0.3, -0.25) is 0 Å². The number of hydrogen-bond donors (Lipinski definition) is 1. The largest absolute Gasteiger partial charge is 0.317 e. The van der Waals surface area contributed by atoms with Crippen molar-refractivity contribution in [3.05, 3.63) is 11.6 Å². The lowest BCUT2D eigenvalue weighted by molar-refractivity contribution is 0.389. The first-order valence-electron chi connectivity index (χ1n) is 7.15. The van der Waals surface area contributed by atoms with Crippen molar-refractivity contribution in [1.82, 2.24) is 9.62 Å². The summed E-state index contributed by atoms with van der Waals surface area (Å²) >= 11 is 0. The summed E-state index contributed by atoms with van der Waals surface area (Å²) in [5.41, 5.74) is 1.52. The van der Waals surface area contributed by atoms with E-state index in [0.717, 1.165) is 19.5 Å². The predicted octanol–water partition coefficient (Wildman–Crippen LogP) is 1.99. The Labute approximate surface area is 118 Å². The van der Waals surface area contributed by atoms with Gasteiger partial charge in [0.25, 0.3) is 0 Å². The Morgan fingerprint density at radius 1 is 1.37 bits per heavy atom. The molecule has 112 valence electrons. The second-order valence-electron chi connectivity index (χ2n) is 6.11. The summed E-state index contributed by atoms with van der Waals surface area (Å²) in [4.78, 5) is 0. The number of rotatable bonds is 6. The van der Waals surface area contributed by atoms with E-state index in [1.165, 1.54) is 5.57 Å². The van der Waals surface area contributed by atoms with E-state index in [2.05, 4.69) is 32.2 Å². The number of nitrogens with zero attached hydrogens (tertiary/aromatic N) is 1. The van der Waals surface area contributed by atoms with Crippen LogP contribution in [0.3, 0.4) is 0 Å². The normalized spacial score (nSPS) is 18.4. The molecule has 0 amide bonds. The van der Waals surface area contributed by atoms with Gasteiger partial charge >= 0.3 is 0 Å². The van der Waals surface area contributed by atoms with Crippen LogP contribution < -0.4 is 5.32 Å². The van der Waals surface area contributed by atoms with E-state index in [1.54, 1.807) is 4.31 Å². The molecule has 1 aliphatic heterocycles. The second kappa shape index (κ2) is 6.86. The minimum atomic E-state index is -3.08. The number of hydrogen-bond acceptors (Lipinski definition) is 3. The van der Waals surface area contributed by atoms with Gasteiger partial charge in [0.2, 0.25) is 10.0 Å². The molecule has 1 N–H and O–H groups in total. The fraction of sp³-hybridized carbons (Fsp3) is 0.857. The molecule has 0 aromatic heterocycles. The lowest BCUT2D eigenvalue weighted by atomic mass is 9.83. The van der Waals surface area contributed by atoms with Crippen molar-refractivity contribution in [2.45, 2.75) is 40.5 Å². The SMILES string of the molecule is CCNCCCS(=O)(=O)N1CC=C(C(C)(C)C)CC1. The molecule has 19 heavy (non-hydrogen) atoms. The molecule has 0 spiro atoms. The summed E-state index contributed by atoms with van der Waals surface area (Å²) < 4.78 is 26.0. The third-order valence-corrected chi connectivity index (χ3v) is 5.46. The fourth-order valence-electron chi connectivity index (χ4n) is 2.27. The van der Waals surface area contributed by atoms with E-state index in [4.69, 9.17) is 0 Å². The molecule has 1 rings (SSSR count). The summed E-state index contributed by atoms with van der Waals surface area (Å²) in [6, 6.07) is 0. The van der Waals surface area contributed by atoms with E-state index in [9.17, 15) is 8.42 Å². The Morgan fingerprint density at radius 2 is 2.05 bits per heavy atom. The smallest absolute Gasteiger partial charge is 0.214 e. The van der Waals surface area contributed by atoms with E-state index in [-0.39, 0.29) is 11.2 Å². The molecule has 0 bridgehead atoms. The van der Waals surface area contributed by atoms with Crippen LogP contribution >= 0.6 is 0 Å². The zero-order chi connectivity index (χ0) is 14.5. The average molecular weight is 288 g/mol. The van der Waals surface area contributed by atoms with Gasteiger partial charge in [-0.15, -0.1) is 0 Å². The molecule has 0 aromatic carbocycles. The molecule has 5 heteroatoms. The molecule has 0 fully saturated rings. The van der Waals surface area contributed by atoms with Gasteiger partial charge in [0.15, 0.2) is 0 Å². The van der Waals surface area contributed by atoms with E-state index in [0.29, 0.717) is 19.5 Å². The summed E-state index contributed by atoms with van der Waals surface area (Å²) in [6.07, 6.45) is 3.63. The number of nitrogens with one attached hydrogen (secondary N) is 1. The minimum Gasteiger partial charge on any atom is -0.317 e. The van der Waals surface area contributed by atoms with Gasteiger partial charge in [-0.25, -0.2) is 8.42 Å². The van der Waals surface area contributed by atoms with Crippen LogP contribution in [0.4, 0.5) is 0 Å². The molecule has 0 aliphatic carbocycles. The summed E-state index contributed by atoms with van der Waals surface area (Å²) in [6.45, 7) is 11.4. The predicted molar refractivity (Wildman–Crippen MR) is 80.7 cm³/mol. The third-order valence-electron chi connectivity index (χ3n) is 3.53. The van der Waals surface area contributed by atoms with Crippen LogP contribution in [-0.4, -0.2) is 44.7 Å². The van der Waals surface area contributed by atoms with Crippen molar-refractivity contribution >= 4 is 10.0 Å². The Hall–Kier alpha value is -0.390. The maximum atomic E-state index is 12.2. The van der Waals surface area contributed by atoms with Crippen molar-refractivity contribution in [2.75, 3.05) is 31.9 Å². The quantitative estimate of drug-likeness (QED) is 0.601. The Bertz CT molecular complexity index is 408. The van der Waals surface area contributed by atoms with Crippen molar-refractivity contribution in [3.8, 4) is 0 Å². The second-order valence-corrected chi connectivity index (χ2v) is 8.20. The van der Waals surface area contributed by atoms with Gasteiger partial charge in [0, 0.05) is 13.1 Å². The summed E-state index contributed by atoms with van der Waals surface area (Å²) in [5, 5.41) is 3.16. The molecular weight excluding hydrogens is 260 g/mol. The maximum absolute atomic E-state index is 12.2. The lowest BCUT2D eigenvalue weighted by Gasteiger charge is -2.31. The van der Waals surface area contributed by atoms with Gasteiger partial charge in [0.05, 0.1) is 5.75 Å². The van der Waals surface area contributed by atoms with Crippen LogP contribution in [0, 0.1) is 5.41 Å². The third kappa shape index (κ3) is 5.24. The van der Waals surface area contributed by atoms with Crippen molar-refractivity contribution in [2.24, 2.45) is 5.41 Å².